The number of hydrogen-bond acceptors (Lipinski definition) is 2. The molecule has 0 saturated heterocycles. The summed E-state index contributed by atoms with van der Waals surface area (Å²) in [4.78, 5) is 4.06. The number of aromatic nitrogens is 1. The molecule has 4 heteroatoms. The second-order valence-electron chi connectivity index (χ2n) is 2.20. The highest BCUT2D eigenvalue weighted by atomic mass is 32.1. The molecule has 64 valence electrons. The Labute approximate surface area is 77.2 Å². The molecule has 0 unspecified atom stereocenters. The third kappa shape index (κ3) is 2.84. The van der Waals surface area contributed by atoms with Crippen LogP contribution < -0.4 is 10.6 Å². The molecular formula is C8H11N3S. The Kier molecular flexibility index (Phi) is 3.47. The zero-order valence-corrected chi connectivity index (χ0v) is 7.69. The Bertz CT molecular complexity index is 248. The van der Waals surface area contributed by atoms with Gasteiger partial charge in [0.1, 0.15) is 5.82 Å². The lowest BCUT2D eigenvalue weighted by Crippen LogP contribution is -2.28. The van der Waals surface area contributed by atoms with Crippen LogP contribution in [0.2, 0.25) is 0 Å². The van der Waals surface area contributed by atoms with Crippen molar-refractivity contribution in [3.8, 4) is 0 Å². The van der Waals surface area contributed by atoms with E-state index >= 15 is 0 Å². The largest absolute Gasteiger partial charge is 0.363 e. The molecule has 0 amide bonds. The van der Waals surface area contributed by atoms with Crippen molar-refractivity contribution in [3.63, 3.8) is 0 Å². The highest BCUT2D eigenvalue weighted by Crippen LogP contribution is 1.98. The van der Waals surface area contributed by atoms with E-state index in [1.54, 1.807) is 6.20 Å². The van der Waals surface area contributed by atoms with Gasteiger partial charge in [0.25, 0.3) is 0 Å². The van der Waals surface area contributed by atoms with Crippen LogP contribution in [0, 0.1) is 0 Å². The van der Waals surface area contributed by atoms with Crippen LogP contribution in [0.15, 0.2) is 24.4 Å². The maximum atomic E-state index is 4.97. The normalized spacial score (nSPS) is 9.08. The van der Waals surface area contributed by atoms with Crippen LogP contribution in [0.25, 0.3) is 0 Å². The molecule has 0 aromatic carbocycles. The molecule has 0 aliphatic heterocycles. The summed E-state index contributed by atoms with van der Waals surface area (Å²) in [6.07, 6.45) is 1.72. The van der Waals surface area contributed by atoms with Gasteiger partial charge in [-0.25, -0.2) is 4.98 Å². The van der Waals surface area contributed by atoms with Gasteiger partial charge in [0, 0.05) is 12.7 Å². The molecule has 1 aromatic heterocycles. The predicted molar refractivity (Wildman–Crippen MR) is 54.1 cm³/mol. The first-order valence-corrected chi connectivity index (χ1v) is 4.19. The monoisotopic (exact) mass is 181 g/mol. The Morgan fingerprint density at radius 3 is 3.00 bits per heavy atom. The molecule has 2 N–H and O–H groups in total. The molecule has 1 heterocycles. The average Bonchev–Trinajstić information content (AvgIpc) is 2.06. The number of pyridine rings is 1. The van der Waals surface area contributed by atoms with Gasteiger partial charge in [-0.05, 0) is 31.3 Å². The Hall–Kier alpha value is -1.16. The minimum Gasteiger partial charge on any atom is -0.363 e. The standard InChI is InChI=1S/C8H11N3S/c1-2-9-8(12)11-7-5-3-4-6-10-7/h3-6H,2H2,1H3,(H2,9,10,11,12). The van der Waals surface area contributed by atoms with Crippen molar-refractivity contribution in [2.45, 2.75) is 6.92 Å². The van der Waals surface area contributed by atoms with Crippen molar-refractivity contribution in [1.82, 2.24) is 10.3 Å². The van der Waals surface area contributed by atoms with Crippen molar-refractivity contribution < 1.29 is 0 Å². The summed E-state index contributed by atoms with van der Waals surface area (Å²) in [6, 6.07) is 5.63. The molecule has 0 radical (unpaired) electrons. The smallest absolute Gasteiger partial charge is 0.171 e. The van der Waals surface area contributed by atoms with Crippen LogP contribution in [0.5, 0.6) is 0 Å². The Balaban J connectivity index is 2.47. The predicted octanol–water partition coefficient (Wildman–Crippen LogP) is 1.39. The van der Waals surface area contributed by atoms with Crippen molar-refractivity contribution in [2.75, 3.05) is 11.9 Å². The minimum absolute atomic E-state index is 0.608. The molecule has 1 rings (SSSR count). The van der Waals surface area contributed by atoms with Gasteiger partial charge >= 0.3 is 0 Å². The zero-order valence-electron chi connectivity index (χ0n) is 6.87. The first-order chi connectivity index (χ1) is 5.83. The number of nitrogens with one attached hydrogen (secondary N) is 2. The second-order valence-corrected chi connectivity index (χ2v) is 2.61. The van der Waals surface area contributed by atoms with Crippen LogP contribution in [-0.4, -0.2) is 16.6 Å². The van der Waals surface area contributed by atoms with E-state index in [1.807, 2.05) is 25.1 Å². The lowest BCUT2D eigenvalue weighted by molar-refractivity contribution is 0.978. The van der Waals surface area contributed by atoms with Gasteiger partial charge in [0.2, 0.25) is 0 Å². The number of nitrogens with zero attached hydrogens (tertiary/aromatic N) is 1. The SMILES string of the molecule is CCNC(=S)Nc1ccccn1. The van der Waals surface area contributed by atoms with Crippen LogP contribution >= 0.6 is 12.2 Å². The number of hydrogen-bond donors (Lipinski definition) is 2. The molecule has 0 spiro atoms. The van der Waals surface area contributed by atoms with Crippen LogP contribution in [0.4, 0.5) is 5.82 Å². The molecule has 0 atom stereocenters. The van der Waals surface area contributed by atoms with E-state index in [9.17, 15) is 0 Å². The fourth-order valence-corrected chi connectivity index (χ4v) is 1.01. The average molecular weight is 181 g/mol. The Morgan fingerprint density at radius 1 is 1.58 bits per heavy atom. The van der Waals surface area contributed by atoms with Crippen molar-refractivity contribution in [2.24, 2.45) is 0 Å². The first-order valence-electron chi connectivity index (χ1n) is 3.79. The van der Waals surface area contributed by atoms with E-state index in [-0.39, 0.29) is 0 Å². The summed E-state index contributed by atoms with van der Waals surface area (Å²) in [5.41, 5.74) is 0. The molecule has 0 fully saturated rings. The fourth-order valence-electron chi connectivity index (χ4n) is 0.758. The van der Waals surface area contributed by atoms with Gasteiger partial charge in [-0.15, -0.1) is 0 Å². The summed E-state index contributed by atoms with van der Waals surface area (Å²) in [5.74, 6) is 0.767. The second kappa shape index (κ2) is 4.66. The summed E-state index contributed by atoms with van der Waals surface area (Å²) in [6.45, 7) is 2.81. The third-order valence-electron chi connectivity index (χ3n) is 1.24. The number of anilines is 1. The summed E-state index contributed by atoms with van der Waals surface area (Å²) in [7, 11) is 0. The van der Waals surface area contributed by atoms with Gasteiger partial charge in [-0.2, -0.15) is 0 Å². The van der Waals surface area contributed by atoms with Gasteiger partial charge in [-0.1, -0.05) is 6.07 Å². The number of thiocarbonyl (C=S) groups is 1. The molecule has 0 saturated carbocycles. The molecule has 3 nitrogen and oxygen atoms in total. The van der Waals surface area contributed by atoms with E-state index < -0.39 is 0 Å². The molecular weight excluding hydrogens is 170 g/mol. The van der Waals surface area contributed by atoms with E-state index in [2.05, 4.69) is 15.6 Å². The quantitative estimate of drug-likeness (QED) is 0.676. The highest BCUT2D eigenvalue weighted by molar-refractivity contribution is 7.80. The molecule has 0 bridgehead atoms. The lowest BCUT2D eigenvalue weighted by atomic mass is 10.5. The zero-order chi connectivity index (χ0) is 8.81. The topological polar surface area (TPSA) is 37.0 Å². The van der Waals surface area contributed by atoms with Crippen LogP contribution in [0.3, 0.4) is 0 Å². The van der Waals surface area contributed by atoms with Gasteiger partial charge in [0.05, 0.1) is 0 Å². The minimum atomic E-state index is 0.608. The molecule has 0 aliphatic carbocycles. The maximum Gasteiger partial charge on any atom is 0.171 e. The van der Waals surface area contributed by atoms with Gasteiger partial charge in [0.15, 0.2) is 5.11 Å². The van der Waals surface area contributed by atoms with Crippen molar-refractivity contribution in [1.29, 1.82) is 0 Å². The first kappa shape index (κ1) is 8.93. The molecule has 1 aromatic rings. The van der Waals surface area contributed by atoms with E-state index in [0.29, 0.717) is 5.11 Å². The van der Waals surface area contributed by atoms with E-state index in [4.69, 9.17) is 12.2 Å². The van der Waals surface area contributed by atoms with Crippen LogP contribution in [0.1, 0.15) is 6.92 Å². The van der Waals surface area contributed by atoms with Crippen molar-refractivity contribution >= 4 is 23.1 Å². The fraction of sp³-hybridized carbons (Fsp3) is 0.250. The molecule has 12 heavy (non-hydrogen) atoms. The lowest BCUT2D eigenvalue weighted by Gasteiger charge is -2.06. The van der Waals surface area contributed by atoms with E-state index in [1.165, 1.54) is 0 Å². The van der Waals surface area contributed by atoms with Gasteiger partial charge < -0.3 is 10.6 Å². The Morgan fingerprint density at radius 2 is 2.42 bits per heavy atom. The third-order valence-corrected chi connectivity index (χ3v) is 1.49. The summed E-state index contributed by atoms with van der Waals surface area (Å²) in [5, 5.41) is 6.53. The maximum absolute atomic E-state index is 4.97. The highest BCUT2D eigenvalue weighted by Gasteiger charge is 1.93. The summed E-state index contributed by atoms with van der Waals surface area (Å²) < 4.78 is 0. The van der Waals surface area contributed by atoms with E-state index in [0.717, 1.165) is 12.4 Å². The molecule has 0 aliphatic rings. The van der Waals surface area contributed by atoms with Crippen molar-refractivity contribution in [3.05, 3.63) is 24.4 Å². The number of rotatable bonds is 2. The van der Waals surface area contributed by atoms with Gasteiger partial charge in [-0.3, -0.25) is 0 Å². The van der Waals surface area contributed by atoms with Crippen LogP contribution in [-0.2, 0) is 0 Å². The summed E-state index contributed by atoms with van der Waals surface area (Å²) >= 11 is 4.97.